The Kier molecular flexibility index (Phi) is 3.33. The van der Waals surface area contributed by atoms with E-state index >= 15 is 0 Å². The molecule has 2 aromatic carbocycles. The predicted molar refractivity (Wildman–Crippen MR) is 67.5 cm³/mol. The first-order chi connectivity index (χ1) is 9.00. The number of rotatable bonds is 3. The summed E-state index contributed by atoms with van der Waals surface area (Å²) in [6.45, 7) is 0. The van der Waals surface area contributed by atoms with Crippen LogP contribution in [0.1, 0.15) is 10.4 Å². The van der Waals surface area contributed by atoms with E-state index < -0.39 is 17.6 Å². The van der Waals surface area contributed by atoms with Gasteiger partial charge in [0, 0.05) is 0 Å². The lowest BCUT2D eigenvalue weighted by Gasteiger charge is -2.12. The molecule has 0 aliphatic carbocycles. The van der Waals surface area contributed by atoms with Crippen molar-refractivity contribution in [2.24, 2.45) is 0 Å². The summed E-state index contributed by atoms with van der Waals surface area (Å²) in [5, 5.41) is 11.5. The van der Waals surface area contributed by atoms with Crippen LogP contribution in [0.25, 0.3) is 0 Å². The van der Waals surface area contributed by atoms with E-state index in [4.69, 9.17) is 10.8 Å². The molecule has 2 rings (SSSR count). The van der Waals surface area contributed by atoms with E-state index in [1.54, 1.807) is 0 Å². The van der Waals surface area contributed by atoms with Gasteiger partial charge in [-0.1, -0.05) is 12.1 Å². The van der Waals surface area contributed by atoms with Gasteiger partial charge in [0.1, 0.15) is 0 Å². The van der Waals surface area contributed by atoms with E-state index in [2.05, 4.69) is 5.32 Å². The number of benzene rings is 2. The Bertz CT molecular complexity index is 645. The molecule has 0 heterocycles. The van der Waals surface area contributed by atoms with Gasteiger partial charge in [-0.3, -0.25) is 0 Å². The van der Waals surface area contributed by atoms with Crippen molar-refractivity contribution in [3.8, 4) is 0 Å². The van der Waals surface area contributed by atoms with Crippen molar-refractivity contribution in [3.63, 3.8) is 0 Å². The molecule has 0 aromatic heterocycles. The van der Waals surface area contributed by atoms with Crippen molar-refractivity contribution in [1.29, 1.82) is 0 Å². The van der Waals surface area contributed by atoms with Gasteiger partial charge >= 0.3 is 5.97 Å². The summed E-state index contributed by atoms with van der Waals surface area (Å²) < 4.78 is 26.5. The maximum atomic E-state index is 13.5. The van der Waals surface area contributed by atoms with Crippen LogP contribution in [0.3, 0.4) is 0 Å². The molecule has 0 bridgehead atoms. The third kappa shape index (κ3) is 2.47. The van der Waals surface area contributed by atoms with Gasteiger partial charge in [0.05, 0.1) is 22.6 Å². The highest BCUT2D eigenvalue weighted by molar-refractivity contribution is 5.97. The Balaban J connectivity index is 2.42. The lowest BCUT2D eigenvalue weighted by molar-refractivity contribution is 0.0698. The standard InChI is InChI=1S/C13H10F2N2O2/c14-8-4-2-5-9(11(8)15)17-10-6-1-3-7(12(10)16)13(18)19/h1-6,17H,16H2,(H,18,19). The van der Waals surface area contributed by atoms with Crippen molar-refractivity contribution in [2.45, 2.75) is 0 Å². The van der Waals surface area contributed by atoms with Crippen molar-refractivity contribution in [1.82, 2.24) is 0 Å². The van der Waals surface area contributed by atoms with Crippen LogP contribution in [0.2, 0.25) is 0 Å². The topological polar surface area (TPSA) is 75.3 Å². The third-order valence-corrected chi connectivity index (χ3v) is 2.56. The molecule has 6 heteroatoms. The van der Waals surface area contributed by atoms with E-state index in [1.165, 1.54) is 30.3 Å². The molecule has 0 aliphatic heterocycles. The van der Waals surface area contributed by atoms with Gasteiger partial charge in [-0.2, -0.15) is 0 Å². The highest BCUT2D eigenvalue weighted by Crippen LogP contribution is 2.28. The number of carbonyl (C=O) groups is 1. The summed E-state index contributed by atoms with van der Waals surface area (Å²) in [6.07, 6.45) is 0. The monoisotopic (exact) mass is 264 g/mol. The lowest BCUT2D eigenvalue weighted by atomic mass is 10.1. The first kappa shape index (κ1) is 12.8. The largest absolute Gasteiger partial charge is 0.478 e. The summed E-state index contributed by atoms with van der Waals surface area (Å²) in [7, 11) is 0. The normalized spacial score (nSPS) is 10.2. The zero-order valence-electron chi connectivity index (χ0n) is 9.65. The molecular weight excluding hydrogens is 254 g/mol. The highest BCUT2D eigenvalue weighted by atomic mass is 19.2. The molecule has 4 N–H and O–H groups in total. The second-order valence-electron chi connectivity index (χ2n) is 3.80. The van der Waals surface area contributed by atoms with E-state index in [0.717, 1.165) is 6.07 Å². The third-order valence-electron chi connectivity index (χ3n) is 2.56. The number of carboxylic acid groups (broad SMARTS) is 1. The van der Waals surface area contributed by atoms with Crippen LogP contribution in [0, 0.1) is 11.6 Å². The molecule has 0 saturated heterocycles. The maximum absolute atomic E-state index is 13.5. The van der Waals surface area contributed by atoms with Crippen LogP contribution < -0.4 is 11.1 Å². The maximum Gasteiger partial charge on any atom is 0.337 e. The van der Waals surface area contributed by atoms with Crippen LogP contribution >= 0.6 is 0 Å². The highest BCUT2D eigenvalue weighted by Gasteiger charge is 2.13. The number of nitrogens with two attached hydrogens (primary N) is 1. The van der Waals surface area contributed by atoms with Gasteiger partial charge in [-0.25, -0.2) is 13.6 Å². The van der Waals surface area contributed by atoms with Crippen molar-refractivity contribution in [3.05, 3.63) is 53.6 Å². The molecule has 0 saturated carbocycles. The average molecular weight is 264 g/mol. The molecule has 4 nitrogen and oxygen atoms in total. The number of hydrogen-bond donors (Lipinski definition) is 3. The molecule has 0 fully saturated rings. The number of para-hydroxylation sites is 1. The van der Waals surface area contributed by atoms with Crippen LogP contribution in [0.5, 0.6) is 0 Å². The fourth-order valence-corrected chi connectivity index (χ4v) is 1.61. The average Bonchev–Trinajstić information content (AvgIpc) is 2.37. The number of carboxylic acids is 1. The Labute approximate surface area is 107 Å². The van der Waals surface area contributed by atoms with Crippen LogP contribution in [0.4, 0.5) is 25.8 Å². The van der Waals surface area contributed by atoms with Crippen LogP contribution in [-0.4, -0.2) is 11.1 Å². The number of halogens is 2. The lowest BCUT2D eigenvalue weighted by Crippen LogP contribution is -2.06. The smallest absolute Gasteiger partial charge is 0.337 e. The number of nitrogen functional groups attached to an aromatic ring is 1. The van der Waals surface area contributed by atoms with Gasteiger partial charge in [0.15, 0.2) is 11.6 Å². The van der Waals surface area contributed by atoms with Crippen LogP contribution in [0.15, 0.2) is 36.4 Å². The zero-order chi connectivity index (χ0) is 14.0. The van der Waals surface area contributed by atoms with Crippen molar-refractivity contribution < 1.29 is 18.7 Å². The second kappa shape index (κ2) is 4.93. The van der Waals surface area contributed by atoms with E-state index in [-0.39, 0.29) is 22.6 Å². The number of hydrogen-bond acceptors (Lipinski definition) is 3. The minimum absolute atomic E-state index is 0.0429. The molecule has 0 amide bonds. The Morgan fingerprint density at radius 3 is 2.42 bits per heavy atom. The Hall–Kier alpha value is -2.63. The Morgan fingerprint density at radius 1 is 1.11 bits per heavy atom. The molecule has 98 valence electrons. The summed E-state index contributed by atoms with van der Waals surface area (Å²) in [4.78, 5) is 10.9. The predicted octanol–water partition coefficient (Wildman–Crippen LogP) is 2.99. The molecular formula is C13H10F2N2O2. The molecule has 0 aliphatic rings. The van der Waals surface area contributed by atoms with Crippen LogP contribution in [-0.2, 0) is 0 Å². The quantitative estimate of drug-likeness (QED) is 0.745. The summed E-state index contributed by atoms with van der Waals surface area (Å²) in [6, 6.07) is 7.90. The van der Waals surface area contributed by atoms with Crippen molar-refractivity contribution in [2.75, 3.05) is 11.1 Å². The number of aromatic carboxylic acids is 1. The van der Waals surface area contributed by atoms with Gasteiger partial charge in [-0.05, 0) is 24.3 Å². The fraction of sp³-hybridized carbons (Fsp3) is 0. The van der Waals surface area contributed by atoms with E-state index in [9.17, 15) is 13.6 Å². The van der Waals surface area contributed by atoms with E-state index in [0.29, 0.717) is 0 Å². The number of anilines is 3. The van der Waals surface area contributed by atoms with Gasteiger partial charge < -0.3 is 16.2 Å². The van der Waals surface area contributed by atoms with E-state index in [1.807, 2.05) is 0 Å². The second-order valence-corrected chi connectivity index (χ2v) is 3.80. The SMILES string of the molecule is Nc1c(Nc2cccc(F)c2F)cccc1C(=O)O. The summed E-state index contributed by atoms with van der Waals surface area (Å²) in [5.74, 6) is -3.25. The molecule has 2 aromatic rings. The number of nitrogens with one attached hydrogen (secondary N) is 1. The molecule has 0 spiro atoms. The summed E-state index contributed by atoms with van der Waals surface area (Å²) >= 11 is 0. The van der Waals surface area contributed by atoms with Gasteiger partial charge in [0.2, 0.25) is 0 Å². The summed E-state index contributed by atoms with van der Waals surface area (Å²) in [5.41, 5.74) is 5.59. The first-order valence-corrected chi connectivity index (χ1v) is 5.33. The minimum atomic E-state index is -1.19. The minimum Gasteiger partial charge on any atom is -0.478 e. The van der Waals surface area contributed by atoms with Gasteiger partial charge in [0.25, 0.3) is 0 Å². The Morgan fingerprint density at radius 2 is 1.74 bits per heavy atom. The zero-order valence-corrected chi connectivity index (χ0v) is 9.65. The fourth-order valence-electron chi connectivity index (χ4n) is 1.61. The molecule has 19 heavy (non-hydrogen) atoms. The van der Waals surface area contributed by atoms with Crippen molar-refractivity contribution >= 4 is 23.0 Å². The van der Waals surface area contributed by atoms with Gasteiger partial charge in [-0.15, -0.1) is 0 Å². The molecule has 0 atom stereocenters. The molecule has 0 radical (unpaired) electrons. The molecule has 0 unspecified atom stereocenters. The first-order valence-electron chi connectivity index (χ1n) is 5.33.